The van der Waals surface area contributed by atoms with Crippen molar-refractivity contribution in [3.05, 3.63) is 78.5 Å². The first-order chi connectivity index (χ1) is 15.2. The second-order valence-corrected chi connectivity index (χ2v) is 7.44. The molecule has 31 heavy (non-hydrogen) atoms. The summed E-state index contributed by atoms with van der Waals surface area (Å²) < 4.78 is 10.7. The summed E-state index contributed by atoms with van der Waals surface area (Å²) in [6.45, 7) is 2.08. The van der Waals surface area contributed by atoms with E-state index in [0.717, 1.165) is 62.0 Å². The lowest BCUT2D eigenvalue weighted by Gasteiger charge is -2.06. The minimum Gasteiger partial charge on any atom is -0.497 e. The van der Waals surface area contributed by atoms with E-state index in [4.69, 9.17) is 14.5 Å². The summed E-state index contributed by atoms with van der Waals surface area (Å²) in [5.74, 6) is 2.48. The van der Waals surface area contributed by atoms with Crippen molar-refractivity contribution in [1.29, 1.82) is 0 Å². The molecule has 0 saturated carbocycles. The molecule has 0 atom stereocenters. The van der Waals surface area contributed by atoms with Crippen LogP contribution in [0.25, 0.3) is 44.8 Å². The highest BCUT2D eigenvalue weighted by Crippen LogP contribution is 2.37. The molecule has 2 aromatic heterocycles. The maximum Gasteiger partial charge on any atom is 0.140 e. The predicted molar refractivity (Wildman–Crippen MR) is 125 cm³/mol. The van der Waals surface area contributed by atoms with Gasteiger partial charge in [-0.05, 0) is 61.5 Å². The smallest absolute Gasteiger partial charge is 0.140 e. The SMILES string of the molecule is COc1ccc(-c2nc(-c3c(C)[nH]c4ccccc34)[nH]c2-c2ccc(OC)cc2)cc1. The van der Waals surface area contributed by atoms with Crippen LogP contribution in [-0.4, -0.2) is 29.2 Å². The molecular weight excluding hydrogens is 386 g/mol. The number of imidazole rings is 1. The van der Waals surface area contributed by atoms with E-state index < -0.39 is 0 Å². The number of benzene rings is 3. The largest absolute Gasteiger partial charge is 0.497 e. The summed E-state index contributed by atoms with van der Waals surface area (Å²) in [6.07, 6.45) is 0. The second kappa shape index (κ2) is 7.69. The third-order valence-corrected chi connectivity index (χ3v) is 5.58. The average molecular weight is 409 g/mol. The minimum atomic E-state index is 0.818. The molecule has 5 rings (SSSR count). The Bertz CT molecular complexity index is 1280. The average Bonchev–Trinajstić information content (AvgIpc) is 3.39. The Balaban J connectivity index is 1.71. The number of nitrogens with one attached hydrogen (secondary N) is 2. The fourth-order valence-electron chi connectivity index (χ4n) is 4.00. The summed E-state index contributed by atoms with van der Waals surface area (Å²) in [5, 5.41) is 1.15. The van der Waals surface area contributed by atoms with Gasteiger partial charge < -0.3 is 19.4 Å². The zero-order valence-electron chi connectivity index (χ0n) is 17.7. The molecule has 154 valence electrons. The maximum absolute atomic E-state index is 5.33. The standard InChI is InChI=1S/C26H23N3O2/c1-16-23(21-6-4-5-7-22(21)27-16)26-28-24(17-8-12-19(30-2)13-9-17)25(29-26)18-10-14-20(31-3)15-11-18/h4-15,27H,1-3H3,(H,28,29). The number of aryl methyl sites for hydroxylation is 1. The molecule has 5 nitrogen and oxygen atoms in total. The van der Waals surface area contributed by atoms with Crippen molar-refractivity contribution >= 4 is 10.9 Å². The van der Waals surface area contributed by atoms with Crippen LogP contribution in [0.4, 0.5) is 0 Å². The van der Waals surface area contributed by atoms with Gasteiger partial charge >= 0.3 is 0 Å². The van der Waals surface area contributed by atoms with Crippen molar-refractivity contribution in [2.45, 2.75) is 6.92 Å². The number of rotatable bonds is 5. The van der Waals surface area contributed by atoms with E-state index in [1.165, 1.54) is 0 Å². The Morgan fingerprint density at radius 2 is 1.32 bits per heavy atom. The number of fused-ring (bicyclic) bond motifs is 1. The lowest BCUT2D eigenvalue weighted by molar-refractivity contribution is 0.414. The number of methoxy groups -OCH3 is 2. The van der Waals surface area contributed by atoms with E-state index in [1.54, 1.807) is 14.2 Å². The number of para-hydroxylation sites is 1. The molecular formula is C26H23N3O2. The monoisotopic (exact) mass is 409 g/mol. The Hall–Kier alpha value is -3.99. The van der Waals surface area contributed by atoms with Gasteiger partial charge in [-0.1, -0.05) is 18.2 Å². The van der Waals surface area contributed by atoms with E-state index >= 15 is 0 Å². The number of H-pyrrole nitrogens is 2. The van der Waals surface area contributed by atoms with E-state index in [2.05, 4.69) is 35.1 Å². The molecule has 3 aromatic carbocycles. The van der Waals surface area contributed by atoms with Crippen LogP contribution in [0.2, 0.25) is 0 Å². The molecule has 0 spiro atoms. The summed E-state index contributed by atoms with van der Waals surface area (Å²) in [6, 6.07) is 24.3. The maximum atomic E-state index is 5.33. The van der Waals surface area contributed by atoms with Gasteiger partial charge in [-0.3, -0.25) is 0 Å². The van der Waals surface area contributed by atoms with Crippen LogP contribution in [0.3, 0.4) is 0 Å². The van der Waals surface area contributed by atoms with E-state index in [1.807, 2.05) is 54.6 Å². The number of ether oxygens (including phenoxy) is 2. The molecule has 0 amide bonds. The van der Waals surface area contributed by atoms with E-state index in [-0.39, 0.29) is 0 Å². The van der Waals surface area contributed by atoms with Crippen molar-refractivity contribution in [3.63, 3.8) is 0 Å². The third-order valence-electron chi connectivity index (χ3n) is 5.58. The lowest BCUT2D eigenvalue weighted by atomic mass is 10.0. The molecule has 0 aliphatic carbocycles. The molecule has 0 aliphatic heterocycles. The highest BCUT2D eigenvalue weighted by molar-refractivity contribution is 5.97. The number of aromatic nitrogens is 3. The second-order valence-electron chi connectivity index (χ2n) is 7.44. The van der Waals surface area contributed by atoms with Gasteiger partial charge in [-0.15, -0.1) is 0 Å². The van der Waals surface area contributed by atoms with Gasteiger partial charge in [0, 0.05) is 33.3 Å². The first kappa shape index (κ1) is 19.0. The summed E-state index contributed by atoms with van der Waals surface area (Å²) >= 11 is 0. The van der Waals surface area contributed by atoms with Crippen LogP contribution in [0.15, 0.2) is 72.8 Å². The molecule has 0 bridgehead atoms. The summed E-state index contributed by atoms with van der Waals surface area (Å²) in [7, 11) is 3.34. The molecule has 2 heterocycles. The first-order valence-corrected chi connectivity index (χ1v) is 10.1. The molecule has 0 saturated heterocycles. The highest BCUT2D eigenvalue weighted by atomic mass is 16.5. The third kappa shape index (κ3) is 3.34. The van der Waals surface area contributed by atoms with Crippen molar-refractivity contribution in [1.82, 2.24) is 15.0 Å². The number of aromatic amines is 2. The Kier molecular flexibility index (Phi) is 4.71. The summed E-state index contributed by atoms with van der Waals surface area (Å²) in [4.78, 5) is 12.1. The topological polar surface area (TPSA) is 62.9 Å². The van der Waals surface area contributed by atoms with Gasteiger partial charge in [0.05, 0.1) is 25.6 Å². The summed E-state index contributed by atoms with van der Waals surface area (Å²) in [5.41, 5.74) is 7.19. The van der Waals surface area contributed by atoms with Crippen molar-refractivity contribution in [2.75, 3.05) is 14.2 Å². The van der Waals surface area contributed by atoms with E-state index in [9.17, 15) is 0 Å². The zero-order chi connectivity index (χ0) is 21.4. The number of hydrogen-bond donors (Lipinski definition) is 2. The minimum absolute atomic E-state index is 0.818. The van der Waals surface area contributed by atoms with Crippen LogP contribution in [0.1, 0.15) is 5.69 Å². The normalized spacial score (nSPS) is 11.1. The number of hydrogen-bond acceptors (Lipinski definition) is 3. The van der Waals surface area contributed by atoms with Gasteiger partial charge in [0.15, 0.2) is 0 Å². The number of nitrogens with zero attached hydrogens (tertiary/aromatic N) is 1. The van der Waals surface area contributed by atoms with Crippen LogP contribution in [0.5, 0.6) is 11.5 Å². The fourth-order valence-corrected chi connectivity index (χ4v) is 4.00. The van der Waals surface area contributed by atoms with Crippen LogP contribution >= 0.6 is 0 Å². The van der Waals surface area contributed by atoms with Crippen LogP contribution in [0, 0.1) is 6.92 Å². The zero-order valence-corrected chi connectivity index (χ0v) is 17.7. The van der Waals surface area contributed by atoms with Crippen molar-refractivity contribution in [2.24, 2.45) is 0 Å². The van der Waals surface area contributed by atoms with E-state index in [0.29, 0.717) is 0 Å². The molecule has 0 aliphatic rings. The van der Waals surface area contributed by atoms with Crippen LogP contribution < -0.4 is 9.47 Å². The van der Waals surface area contributed by atoms with Gasteiger partial charge in [0.1, 0.15) is 17.3 Å². The molecule has 2 N–H and O–H groups in total. The predicted octanol–water partition coefficient (Wildman–Crippen LogP) is 6.22. The molecule has 0 radical (unpaired) electrons. The van der Waals surface area contributed by atoms with Gasteiger partial charge in [-0.2, -0.15) is 0 Å². The van der Waals surface area contributed by atoms with Crippen LogP contribution in [-0.2, 0) is 0 Å². The first-order valence-electron chi connectivity index (χ1n) is 10.1. The van der Waals surface area contributed by atoms with Crippen molar-refractivity contribution in [3.8, 4) is 45.4 Å². The Morgan fingerprint density at radius 3 is 1.97 bits per heavy atom. The van der Waals surface area contributed by atoms with Gasteiger partial charge in [-0.25, -0.2) is 4.98 Å². The van der Waals surface area contributed by atoms with Crippen molar-refractivity contribution < 1.29 is 9.47 Å². The molecule has 0 fully saturated rings. The fraction of sp³-hybridized carbons (Fsp3) is 0.115. The molecule has 5 heteroatoms. The lowest BCUT2D eigenvalue weighted by Crippen LogP contribution is -1.87. The van der Waals surface area contributed by atoms with Gasteiger partial charge in [0.25, 0.3) is 0 Å². The Morgan fingerprint density at radius 1 is 0.710 bits per heavy atom. The highest BCUT2D eigenvalue weighted by Gasteiger charge is 2.19. The quantitative estimate of drug-likeness (QED) is 0.362. The molecule has 5 aromatic rings. The Labute approximate surface area is 180 Å². The molecule has 0 unspecified atom stereocenters. The van der Waals surface area contributed by atoms with Gasteiger partial charge in [0.2, 0.25) is 0 Å².